The Morgan fingerprint density at radius 3 is 2.82 bits per heavy atom. The first-order valence-corrected chi connectivity index (χ1v) is 7.40. The Labute approximate surface area is 131 Å². The van der Waals surface area contributed by atoms with Crippen LogP contribution in [0.2, 0.25) is 0 Å². The molecule has 0 spiro atoms. The van der Waals surface area contributed by atoms with Crippen LogP contribution in [0.4, 0.5) is 0 Å². The van der Waals surface area contributed by atoms with E-state index in [2.05, 4.69) is 28.6 Å². The van der Waals surface area contributed by atoms with E-state index >= 15 is 0 Å². The topological polar surface area (TPSA) is 58.8 Å². The molecule has 118 valence electrons. The summed E-state index contributed by atoms with van der Waals surface area (Å²) < 4.78 is 10.6. The molecule has 0 amide bonds. The Bertz CT molecular complexity index is 606. The first-order chi connectivity index (χ1) is 10.7. The molecule has 0 radical (unpaired) electrons. The van der Waals surface area contributed by atoms with Gasteiger partial charge < -0.3 is 19.8 Å². The van der Waals surface area contributed by atoms with Crippen molar-refractivity contribution in [3.63, 3.8) is 0 Å². The van der Waals surface area contributed by atoms with Crippen molar-refractivity contribution in [1.29, 1.82) is 0 Å². The van der Waals surface area contributed by atoms with Gasteiger partial charge in [-0.2, -0.15) is 0 Å². The summed E-state index contributed by atoms with van der Waals surface area (Å²) in [5, 5.41) is 6.47. The smallest absolute Gasteiger partial charge is 0.191 e. The lowest BCUT2D eigenvalue weighted by molar-refractivity contribution is 0.414. The van der Waals surface area contributed by atoms with Crippen LogP contribution in [0.5, 0.6) is 5.75 Å². The molecule has 0 saturated carbocycles. The maximum atomic E-state index is 5.31. The van der Waals surface area contributed by atoms with E-state index in [1.54, 1.807) is 13.4 Å². The number of aryl methyl sites for hydroxylation is 1. The van der Waals surface area contributed by atoms with Gasteiger partial charge in [0, 0.05) is 6.54 Å². The summed E-state index contributed by atoms with van der Waals surface area (Å²) in [6, 6.07) is 9.93. The fraction of sp³-hybridized carbons (Fsp3) is 0.353. The van der Waals surface area contributed by atoms with Crippen molar-refractivity contribution in [1.82, 2.24) is 10.6 Å². The van der Waals surface area contributed by atoms with Gasteiger partial charge in [0.15, 0.2) is 5.96 Å². The second-order valence-electron chi connectivity index (χ2n) is 4.99. The van der Waals surface area contributed by atoms with Crippen molar-refractivity contribution >= 4 is 5.96 Å². The summed E-state index contributed by atoms with van der Waals surface area (Å²) in [5.74, 6) is 2.50. The maximum Gasteiger partial charge on any atom is 0.191 e. The molecule has 0 atom stereocenters. The minimum absolute atomic E-state index is 0.589. The van der Waals surface area contributed by atoms with E-state index in [1.807, 2.05) is 31.2 Å². The zero-order chi connectivity index (χ0) is 15.8. The number of hydrogen-bond donors (Lipinski definition) is 2. The highest BCUT2D eigenvalue weighted by Crippen LogP contribution is 2.16. The van der Waals surface area contributed by atoms with Gasteiger partial charge in [0.1, 0.15) is 11.5 Å². The van der Waals surface area contributed by atoms with E-state index in [1.165, 1.54) is 0 Å². The number of furan rings is 1. The van der Waals surface area contributed by atoms with E-state index in [9.17, 15) is 0 Å². The molecule has 2 N–H and O–H groups in total. The van der Waals surface area contributed by atoms with Gasteiger partial charge in [-0.1, -0.05) is 6.07 Å². The SMILES string of the molecule is CCNC(=NCc1cc(C)cc(OC)c1)NCc1ccco1. The molecular formula is C17H23N3O2. The van der Waals surface area contributed by atoms with Crippen LogP contribution in [0, 0.1) is 6.92 Å². The van der Waals surface area contributed by atoms with Crippen molar-refractivity contribution in [2.45, 2.75) is 26.9 Å². The molecule has 22 heavy (non-hydrogen) atoms. The molecular weight excluding hydrogens is 278 g/mol. The average Bonchev–Trinajstić information content (AvgIpc) is 3.03. The molecule has 2 rings (SSSR count). The van der Waals surface area contributed by atoms with Crippen LogP contribution in [0.15, 0.2) is 46.0 Å². The maximum absolute atomic E-state index is 5.31. The molecule has 0 fully saturated rings. The lowest BCUT2D eigenvalue weighted by Crippen LogP contribution is -2.36. The summed E-state index contributed by atoms with van der Waals surface area (Å²) in [4.78, 5) is 4.60. The minimum Gasteiger partial charge on any atom is -0.497 e. The largest absolute Gasteiger partial charge is 0.497 e. The van der Waals surface area contributed by atoms with Crippen LogP contribution in [0.1, 0.15) is 23.8 Å². The van der Waals surface area contributed by atoms with E-state index < -0.39 is 0 Å². The van der Waals surface area contributed by atoms with Crippen molar-refractivity contribution in [2.24, 2.45) is 4.99 Å². The van der Waals surface area contributed by atoms with Crippen LogP contribution in [-0.4, -0.2) is 19.6 Å². The Hall–Kier alpha value is -2.43. The zero-order valence-corrected chi connectivity index (χ0v) is 13.3. The van der Waals surface area contributed by atoms with Crippen molar-refractivity contribution in [2.75, 3.05) is 13.7 Å². The van der Waals surface area contributed by atoms with E-state index in [0.717, 1.165) is 35.1 Å². The first-order valence-electron chi connectivity index (χ1n) is 7.40. The minimum atomic E-state index is 0.589. The van der Waals surface area contributed by atoms with Crippen LogP contribution < -0.4 is 15.4 Å². The first kappa shape index (κ1) is 15.9. The number of benzene rings is 1. The predicted molar refractivity (Wildman–Crippen MR) is 88.1 cm³/mol. The summed E-state index contributed by atoms with van der Waals surface area (Å²) in [7, 11) is 1.68. The van der Waals surface area contributed by atoms with E-state index in [0.29, 0.717) is 13.1 Å². The summed E-state index contributed by atoms with van der Waals surface area (Å²) in [5.41, 5.74) is 2.28. The summed E-state index contributed by atoms with van der Waals surface area (Å²) >= 11 is 0. The van der Waals surface area contributed by atoms with Crippen molar-refractivity contribution < 1.29 is 9.15 Å². The van der Waals surface area contributed by atoms with E-state index in [-0.39, 0.29) is 0 Å². The molecule has 0 unspecified atom stereocenters. The molecule has 1 heterocycles. The molecule has 0 aliphatic carbocycles. The highest BCUT2D eigenvalue weighted by atomic mass is 16.5. The molecule has 0 bridgehead atoms. The number of methoxy groups -OCH3 is 1. The van der Waals surface area contributed by atoms with Gasteiger partial charge in [0.05, 0.1) is 26.5 Å². The molecule has 5 nitrogen and oxygen atoms in total. The third kappa shape index (κ3) is 4.84. The third-order valence-electron chi connectivity index (χ3n) is 3.12. The average molecular weight is 301 g/mol. The molecule has 0 saturated heterocycles. The molecule has 2 aromatic rings. The van der Waals surface area contributed by atoms with Gasteiger partial charge in [-0.25, -0.2) is 4.99 Å². The van der Waals surface area contributed by atoms with Gasteiger partial charge in [0.2, 0.25) is 0 Å². The summed E-state index contributed by atoms with van der Waals surface area (Å²) in [6.07, 6.45) is 1.67. The highest BCUT2D eigenvalue weighted by Gasteiger charge is 2.02. The van der Waals surface area contributed by atoms with Crippen molar-refractivity contribution in [3.8, 4) is 5.75 Å². The molecule has 1 aromatic carbocycles. The van der Waals surface area contributed by atoms with Crippen LogP contribution >= 0.6 is 0 Å². The number of nitrogens with zero attached hydrogens (tertiary/aromatic N) is 1. The Kier molecular flexibility index (Phi) is 5.89. The van der Waals surface area contributed by atoms with Crippen molar-refractivity contribution in [3.05, 3.63) is 53.5 Å². The number of guanidine groups is 1. The second-order valence-corrected chi connectivity index (χ2v) is 4.99. The van der Waals surface area contributed by atoms with Gasteiger partial charge >= 0.3 is 0 Å². The normalized spacial score (nSPS) is 11.3. The third-order valence-corrected chi connectivity index (χ3v) is 3.12. The van der Waals surface area contributed by atoms with Crippen LogP contribution in [-0.2, 0) is 13.1 Å². The van der Waals surface area contributed by atoms with Gasteiger partial charge in [-0.15, -0.1) is 0 Å². The highest BCUT2D eigenvalue weighted by molar-refractivity contribution is 5.79. The monoisotopic (exact) mass is 301 g/mol. The fourth-order valence-electron chi connectivity index (χ4n) is 2.13. The van der Waals surface area contributed by atoms with Gasteiger partial charge in [0.25, 0.3) is 0 Å². The lowest BCUT2D eigenvalue weighted by atomic mass is 10.1. The second kappa shape index (κ2) is 8.12. The fourth-order valence-corrected chi connectivity index (χ4v) is 2.13. The molecule has 0 aliphatic rings. The number of hydrogen-bond acceptors (Lipinski definition) is 3. The predicted octanol–water partition coefficient (Wildman–Crippen LogP) is 2.85. The standard InChI is InChI=1S/C17H23N3O2/c1-4-18-17(20-12-15-6-5-7-22-15)19-11-14-8-13(2)9-16(10-14)21-3/h5-10H,4,11-12H2,1-3H3,(H2,18,19,20). The number of rotatable bonds is 6. The quantitative estimate of drug-likeness (QED) is 0.636. The lowest BCUT2D eigenvalue weighted by Gasteiger charge is -2.11. The Morgan fingerprint density at radius 1 is 1.27 bits per heavy atom. The molecule has 5 heteroatoms. The number of nitrogens with one attached hydrogen (secondary N) is 2. The zero-order valence-electron chi connectivity index (χ0n) is 13.3. The molecule has 0 aliphatic heterocycles. The van der Waals surface area contributed by atoms with E-state index in [4.69, 9.17) is 9.15 Å². The Morgan fingerprint density at radius 2 is 2.14 bits per heavy atom. The molecule has 1 aromatic heterocycles. The van der Waals surface area contributed by atoms with Crippen LogP contribution in [0.25, 0.3) is 0 Å². The number of ether oxygens (including phenoxy) is 1. The summed E-state index contributed by atoms with van der Waals surface area (Å²) in [6.45, 7) is 6.10. The van der Waals surface area contributed by atoms with Crippen LogP contribution in [0.3, 0.4) is 0 Å². The van der Waals surface area contributed by atoms with Gasteiger partial charge in [-0.05, 0) is 49.2 Å². The van der Waals surface area contributed by atoms with Gasteiger partial charge in [-0.3, -0.25) is 0 Å². The Balaban J connectivity index is 2.01. The number of aliphatic imine (C=N–C) groups is 1.